The van der Waals surface area contributed by atoms with Crippen LogP contribution in [0.1, 0.15) is 39.0 Å². The zero-order chi connectivity index (χ0) is 25.7. The molecular formula is C26H30ClF2N3O4. The highest BCUT2D eigenvalue weighted by atomic mass is 35.5. The molecule has 2 heterocycles. The van der Waals surface area contributed by atoms with Crippen LogP contribution in [-0.4, -0.2) is 55.1 Å². The highest BCUT2D eigenvalue weighted by Crippen LogP contribution is 2.31. The molecule has 1 N–H and O–H groups in total. The number of halogens is 3. The first kappa shape index (κ1) is 26.0. The standard InChI is InChI=1S/C26H30ClF2N3O4/c1-17(33)32-13-3-2-4-23(32)25(34)30-18-5-10-24(22(27)16-18)35-21-11-14-31(15-12-21)19-6-8-20(9-7-19)36-26(28)29/h5-10,16,21,23,26H,2-4,11-15H2,1H3,(H,30,34)/t23-/m1/s1. The summed E-state index contributed by atoms with van der Waals surface area (Å²) in [5.41, 5.74) is 1.50. The predicted molar refractivity (Wildman–Crippen MR) is 134 cm³/mol. The fraction of sp³-hybridized carbons (Fsp3) is 0.462. The van der Waals surface area contributed by atoms with E-state index in [0.29, 0.717) is 29.4 Å². The number of likely N-dealkylation sites (tertiary alicyclic amines) is 1. The fourth-order valence-corrected chi connectivity index (χ4v) is 4.96. The lowest BCUT2D eigenvalue weighted by Gasteiger charge is -2.34. The van der Waals surface area contributed by atoms with Crippen molar-refractivity contribution < 1.29 is 27.8 Å². The molecule has 2 saturated heterocycles. The van der Waals surface area contributed by atoms with Crippen LogP contribution in [0.25, 0.3) is 0 Å². The first-order valence-corrected chi connectivity index (χ1v) is 12.5. The normalized spacial score (nSPS) is 18.8. The molecular weight excluding hydrogens is 492 g/mol. The molecule has 2 amide bonds. The van der Waals surface area contributed by atoms with Crippen molar-refractivity contribution in [3.05, 3.63) is 47.5 Å². The minimum Gasteiger partial charge on any atom is -0.489 e. The number of rotatable bonds is 7. The predicted octanol–water partition coefficient (Wildman–Crippen LogP) is 5.33. The molecule has 0 aliphatic carbocycles. The summed E-state index contributed by atoms with van der Waals surface area (Å²) >= 11 is 6.46. The molecule has 7 nitrogen and oxygen atoms in total. The van der Waals surface area contributed by atoms with Gasteiger partial charge in [0, 0.05) is 50.8 Å². The Bertz CT molecular complexity index is 1060. The third kappa shape index (κ3) is 6.57. The van der Waals surface area contributed by atoms with E-state index in [1.807, 2.05) is 0 Å². The van der Waals surface area contributed by atoms with E-state index < -0.39 is 12.7 Å². The molecule has 4 rings (SSSR count). The van der Waals surface area contributed by atoms with Gasteiger partial charge in [-0.1, -0.05) is 11.6 Å². The van der Waals surface area contributed by atoms with Gasteiger partial charge in [0.05, 0.1) is 5.02 Å². The Morgan fingerprint density at radius 1 is 1.03 bits per heavy atom. The SMILES string of the molecule is CC(=O)N1CCCC[C@@H]1C(=O)Nc1ccc(OC2CCN(c3ccc(OC(F)F)cc3)CC2)c(Cl)c1. The molecule has 0 radical (unpaired) electrons. The third-order valence-electron chi connectivity index (χ3n) is 6.57. The number of amides is 2. The van der Waals surface area contributed by atoms with Crippen LogP contribution in [0.2, 0.25) is 5.02 Å². The number of nitrogens with one attached hydrogen (secondary N) is 1. The number of ether oxygens (including phenoxy) is 2. The van der Waals surface area contributed by atoms with Crippen LogP contribution in [0.5, 0.6) is 11.5 Å². The van der Waals surface area contributed by atoms with Gasteiger partial charge in [-0.15, -0.1) is 0 Å². The largest absolute Gasteiger partial charge is 0.489 e. The molecule has 2 fully saturated rings. The zero-order valence-electron chi connectivity index (χ0n) is 20.1. The van der Waals surface area contributed by atoms with Gasteiger partial charge >= 0.3 is 6.61 Å². The molecule has 194 valence electrons. The number of anilines is 2. The molecule has 36 heavy (non-hydrogen) atoms. The number of piperidine rings is 2. The van der Waals surface area contributed by atoms with Gasteiger partial charge in [-0.25, -0.2) is 0 Å². The molecule has 2 aliphatic rings. The number of hydrogen-bond acceptors (Lipinski definition) is 5. The molecule has 0 saturated carbocycles. The van der Waals surface area contributed by atoms with Gasteiger partial charge in [0.1, 0.15) is 23.6 Å². The van der Waals surface area contributed by atoms with E-state index >= 15 is 0 Å². The van der Waals surface area contributed by atoms with E-state index in [1.165, 1.54) is 19.1 Å². The molecule has 0 spiro atoms. The van der Waals surface area contributed by atoms with E-state index in [4.69, 9.17) is 16.3 Å². The number of carbonyl (C=O) groups is 2. The van der Waals surface area contributed by atoms with Crippen LogP contribution in [0, 0.1) is 0 Å². The van der Waals surface area contributed by atoms with Crippen molar-refractivity contribution in [1.82, 2.24) is 4.90 Å². The molecule has 2 aromatic carbocycles. The number of carbonyl (C=O) groups excluding carboxylic acids is 2. The Morgan fingerprint density at radius 2 is 1.75 bits per heavy atom. The summed E-state index contributed by atoms with van der Waals surface area (Å²) in [5, 5.41) is 3.28. The van der Waals surface area contributed by atoms with Crippen LogP contribution < -0.4 is 19.7 Å². The minimum atomic E-state index is -2.84. The van der Waals surface area contributed by atoms with Crippen molar-refractivity contribution >= 4 is 34.8 Å². The Morgan fingerprint density at radius 3 is 2.39 bits per heavy atom. The van der Waals surface area contributed by atoms with Gasteiger partial charge in [0.25, 0.3) is 0 Å². The Balaban J connectivity index is 1.29. The average molecular weight is 522 g/mol. The summed E-state index contributed by atoms with van der Waals surface area (Å²) in [6.07, 6.45) is 3.98. The second-order valence-corrected chi connectivity index (χ2v) is 9.44. The van der Waals surface area contributed by atoms with Crippen molar-refractivity contribution in [2.24, 2.45) is 0 Å². The second kappa shape index (κ2) is 11.8. The third-order valence-corrected chi connectivity index (χ3v) is 6.87. The molecule has 2 aromatic rings. The topological polar surface area (TPSA) is 71.1 Å². The van der Waals surface area contributed by atoms with E-state index in [9.17, 15) is 18.4 Å². The van der Waals surface area contributed by atoms with E-state index in [2.05, 4.69) is 15.0 Å². The smallest absolute Gasteiger partial charge is 0.387 e. The summed E-state index contributed by atoms with van der Waals surface area (Å²) < 4.78 is 35.2. The zero-order valence-corrected chi connectivity index (χ0v) is 20.8. The summed E-state index contributed by atoms with van der Waals surface area (Å²) in [5.74, 6) is 0.372. The lowest BCUT2D eigenvalue weighted by Crippen LogP contribution is -2.49. The average Bonchev–Trinajstić information content (AvgIpc) is 2.86. The Labute approximate surface area is 214 Å². The monoisotopic (exact) mass is 521 g/mol. The maximum absolute atomic E-state index is 12.8. The Hall–Kier alpha value is -3.07. The lowest BCUT2D eigenvalue weighted by atomic mass is 10.0. The van der Waals surface area contributed by atoms with Gasteiger partial charge in [-0.05, 0) is 61.7 Å². The van der Waals surface area contributed by atoms with Crippen LogP contribution in [0.4, 0.5) is 20.2 Å². The second-order valence-electron chi connectivity index (χ2n) is 9.04. The van der Waals surface area contributed by atoms with Gasteiger partial charge in [0.15, 0.2) is 0 Å². The van der Waals surface area contributed by atoms with Gasteiger partial charge in [0.2, 0.25) is 11.8 Å². The number of nitrogens with zero attached hydrogens (tertiary/aromatic N) is 2. The molecule has 1 atom stereocenters. The van der Waals surface area contributed by atoms with E-state index in [-0.39, 0.29) is 23.7 Å². The summed E-state index contributed by atoms with van der Waals surface area (Å²) in [6, 6.07) is 11.3. The van der Waals surface area contributed by atoms with Crippen molar-refractivity contribution in [1.29, 1.82) is 0 Å². The Kier molecular flexibility index (Phi) is 8.51. The highest BCUT2D eigenvalue weighted by molar-refractivity contribution is 6.32. The van der Waals surface area contributed by atoms with Crippen molar-refractivity contribution in [3.63, 3.8) is 0 Å². The van der Waals surface area contributed by atoms with E-state index in [0.717, 1.165) is 44.5 Å². The lowest BCUT2D eigenvalue weighted by molar-refractivity contribution is -0.138. The first-order chi connectivity index (χ1) is 17.3. The maximum Gasteiger partial charge on any atom is 0.387 e. The molecule has 0 aromatic heterocycles. The van der Waals surface area contributed by atoms with Crippen molar-refractivity contribution in [2.75, 3.05) is 29.9 Å². The molecule has 0 unspecified atom stereocenters. The highest BCUT2D eigenvalue weighted by Gasteiger charge is 2.30. The van der Waals surface area contributed by atoms with E-state index in [1.54, 1.807) is 35.2 Å². The van der Waals surface area contributed by atoms with Gasteiger partial charge in [-0.2, -0.15) is 8.78 Å². The van der Waals surface area contributed by atoms with Gasteiger partial charge < -0.3 is 24.6 Å². The summed E-state index contributed by atoms with van der Waals surface area (Å²) in [4.78, 5) is 28.5. The van der Waals surface area contributed by atoms with Crippen LogP contribution >= 0.6 is 11.6 Å². The molecule has 0 bridgehead atoms. The van der Waals surface area contributed by atoms with Crippen molar-refractivity contribution in [2.45, 2.75) is 57.8 Å². The maximum atomic E-state index is 12.8. The quantitative estimate of drug-likeness (QED) is 0.533. The van der Waals surface area contributed by atoms with Crippen LogP contribution in [-0.2, 0) is 9.59 Å². The fourth-order valence-electron chi connectivity index (χ4n) is 4.73. The number of benzene rings is 2. The summed E-state index contributed by atoms with van der Waals surface area (Å²) in [6.45, 7) is 0.743. The van der Waals surface area contributed by atoms with Crippen LogP contribution in [0.15, 0.2) is 42.5 Å². The van der Waals surface area contributed by atoms with Crippen molar-refractivity contribution in [3.8, 4) is 11.5 Å². The molecule has 2 aliphatic heterocycles. The number of alkyl halides is 2. The summed E-state index contributed by atoms with van der Waals surface area (Å²) in [7, 11) is 0. The van der Waals surface area contributed by atoms with Crippen LogP contribution in [0.3, 0.4) is 0 Å². The minimum absolute atomic E-state index is 0.0213. The van der Waals surface area contributed by atoms with Gasteiger partial charge in [-0.3, -0.25) is 9.59 Å². The first-order valence-electron chi connectivity index (χ1n) is 12.1. The number of hydrogen-bond donors (Lipinski definition) is 1. The molecule has 10 heteroatoms.